The third kappa shape index (κ3) is 5.23. The molecule has 1 saturated heterocycles. The number of halogens is 1. The Morgan fingerprint density at radius 1 is 1.30 bits per heavy atom. The predicted octanol–water partition coefficient (Wildman–Crippen LogP) is 2.40. The third-order valence-corrected chi connectivity index (χ3v) is 4.92. The summed E-state index contributed by atoms with van der Waals surface area (Å²) in [6.45, 7) is 5.07. The highest BCUT2D eigenvalue weighted by Gasteiger charge is 2.24. The molecule has 2 atom stereocenters. The molecule has 0 saturated carbocycles. The van der Waals surface area contributed by atoms with E-state index < -0.39 is 6.04 Å². The maximum atomic E-state index is 13.2. The van der Waals surface area contributed by atoms with Crippen LogP contribution >= 0.6 is 11.8 Å². The summed E-state index contributed by atoms with van der Waals surface area (Å²) in [5.74, 6) is 1.28. The van der Waals surface area contributed by atoms with Gasteiger partial charge in [0.2, 0.25) is 11.8 Å². The van der Waals surface area contributed by atoms with Crippen LogP contribution in [0.1, 0.15) is 31.7 Å². The number of thioether (sulfide) groups is 1. The van der Waals surface area contributed by atoms with Gasteiger partial charge in [0.15, 0.2) is 0 Å². The minimum atomic E-state index is -0.523. The molecule has 0 aromatic heterocycles. The van der Waals surface area contributed by atoms with Crippen molar-refractivity contribution in [1.29, 1.82) is 0 Å². The topological polar surface area (TPSA) is 49.4 Å². The lowest BCUT2D eigenvalue weighted by molar-refractivity contribution is -0.135. The van der Waals surface area contributed by atoms with Crippen molar-refractivity contribution in [2.24, 2.45) is 0 Å². The highest BCUT2D eigenvalue weighted by atomic mass is 32.2. The molecule has 0 radical (unpaired) electrons. The highest BCUT2D eigenvalue weighted by Crippen LogP contribution is 2.19. The van der Waals surface area contributed by atoms with Crippen LogP contribution in [0.15, 0.2) is 24.3 Å². The van der Waals surface area contributed by atoms with Crippen molar-refractivity contribution >= 4 is 23.6 Å². The lowest BCUT2D eigenvalue weighted by Crippen LogP contribution is -2.49. The zero-order valence-electron chi connectivity index (χ0n) is 13.5. The minimum absolute atomic E-state index is 0.0305. The molecular weight excluding hydrogens is 315 g/mol. The number of hydrogen-bond acceptors (Lipinski definition) is 3. The second-order valence-corrected chi connectivity index (χ2v) is 7.11. The van der Waals surface area contributed by atoms with Crippen LogP contribution in [0.25, 0.3) is 0 Å². The summed E-state index contributed by atoms with van der Waals surface area (Å²) in [5, 5.41) is 2.76. The molecule has 0 spiro atoms. The average molecular weight is 338 g/mol. The van der Waals surface area contributed by atoms with Crippen molar-refractivity contribution in [3.05, 3.63) is 35.6 Å². The number of carbonyl (C=O) groups excluding carboxylic acids is 2. The van der Waals surface area contributed by atoms with Crippen LogP contribution in [-0.4, -0.2) is 47.4 Å². The van der Waals surface area contributed by atoms with Crippen LogP contribution in [0.2, 0.25) is 0 Å². The van der Waals surface area contributed by atoms with Gasteiger partial charge in [-0.3, -0.25) is 9.59 Å². The molecule has 1 aliphatic heterocycles. The molecule has 2 amide bonds. The van der Waals surface area contributed by atoms with E-state index in [-0.39, 0.29) is 30.0 Å². The Hall–Kier alpha value is -1.56. The molecule has 0 unspecified atom stereocenters. The smallest absolute Gasteiger partial charge is 0.244 e. The molecular formula is C17H23FN2O2S. The van der Waals surface area contributed by atoms with Crippen LogP contribution in [0.4, 0.5) is 4.39 Å². The summed E-state index contributed by atoms with van der Waals surface area (Å²) in [4.78, 5) is 26.2. The van der Waals surface area contributed by atoms with Gasteiger partial charge in [-0.2, -0.15) is 11.8 Å². The molecule has 1 fully saturated rings. The monoisotopic (exact) mass is 338 g/mol. The highest BCUT2D eigenvalue weighted by molar-refractivity contribution is 7.99. The Balaban J connectivity index is 1.84. The van der Waals surface area contributed by atoms with Crippen LogP contribution in [0, 0.1) is 5.82 Å². The van der Waals surface area contributed by atoms with Gasteiger partial charge in [0.05, 0.1) is 0 Å². The SMILES string of the molecule is C[C@H](NC(=O)C[C@@H](C)c1cccc(F)c1)C(=O)N1CCSCC1. The van der Waals surface area contributed by atoms with Gasteiger partial charge in [0.1, 0.15) is 11.9 Å². The van der Waals surface area contributed by atoms with E-state index in [1.54, 1.807) is 24.0 Å². The van der Waals surface area contributed by atoms with Crippen LogP contribution in [0.5, 0.6) is 0 Å². The summed E-state index contributed by atoms with van der Waals surface area (Å²) in [7, 11) is 0. The van der Waals surface area contributed by atoms with Gasteiger partial charge in [0.25, 0.3) is 0 Å². The maximum absolute atomic E-state index is 13.2. The zero-order chi connectivity index (χ0) is 16.8. The third-order valence-electron chi connectivity index (χ3n) is 3.98. The van der Waals surface area contributed by atoms with Crippen LogP contribution in [-0.2, 0) is 9.59 Å². The maximum Gasteiger partial charge on any atom is 0.244 e. The fourth-order valence-electron chi connectivity index (χ4n) is 2.63. The van der Waals surface area contributed by atoms with E-state index in [1.165, 1.54) is 12.1 Å². The lowest BCUT2D eigenvalue weighted by atomic mass is 9.97. The van der Waals surface area contributed by atoms with Gasteiger partial charge in [-0.25, -0.2) is 4.39 Å². The molecule has 23 heavy (non-hydrogen) atoms. The fourth-order valence-corrected chi connectivity index (χ4v) is 3.53. The zero-order valence-corrected chi connectivity index (χ0v) is 14.4. The van der Waals surface area contributed by atoms with Crippen molar-refractivity contribution in [3.8, 4) is 0 Å². The van der Waals surface area contributed by atoms with Gasteiger partial charge in [-0.05, 0) is 30.5 Å². The molecule has 1 N–H and O–H groups in total. The molecule has 6 heteroatoms. The summed E-state index contributed by atoms with van der Waals surface area (Å²) >= 11 is 1.84. The van der Waals surface area contributed by atoms with E-state index in [4.69, 9.17) is 0 Å². The molecule has 1 aromatic carbocycles. The Bertz CT molecular complexity index is 561. The normalized spacial score (nSPS) is 17.4. The van der Waals surface area contributed by atoms with E-state index >= 15 is 0 Å². The van der Waals surface area contributed by atoms with Crippen molar-refractivity contribution in [1.82, 2.24) is 10.2 Å². The van der Waals surface area contributed by atoms with Gasteiger partial charge in [-0.1, -0.05) is 19.1 Å². The molecule has 0 bridgehead atoms. The number of carbonyl (C=O) groups is 2. The second-order valence-electron chi connectivity index (χ2n) is 5.89. The first-order valence-corrected chi connectivity index (χ1v) is 9.04. The number of nitrogens with zero attached hydrogens (tertiary/aromatic N) is 1. The van der Waals surface area contributed by atoms with E-state index in [0.717, 1.165) is 30.2 Å². The van der Waals surface area contributed by atoms with E-state index in [9.17, 15) is 14.0 Å². The largest absolute Gasteiger partial charge is 0.345 e. The Morgan fingerprint density at radius 3 is 2.65 bits per heavy atom. The van der Waals surface area contributed by atoms with E-state index in [0.29, 0.717) is 0 Å². The molecule has 126 valence electrons. The summed E-state index contributed by atoms with van der Waals surface area (Å²) in [6.07, 6.45) is 0.233. The first kappa shape index (κ1) is 17.8. The minimum Gasteiger partial charge on any atom is -0.345 e. The Kier molecular flexibility index (Phi) is 6.45. The first-order chi connectivity index (χ1) is 11.0. The summed E-state index contributed by atoms with van der Waals surface area (Å²) in [6, 6.07) is 5.75. The number of hydrogen-bond donors (Lipinski definition) is 1. The molecule has 0 aliphatic carbocycles. The number of benzene rings is 1. The van der Waals surface area contributed by atoms with Gasteiger partial charge < -0.3 is 10.2 Å². The second kappa shape index (κ2) is 8.34. The summed E-state index contributed by atoms with van der Waals surface area (Å²) in [5.41, 5.74) is 0.784. The van der Waals surface area contributed by atoms with Crippen molar-refractivity contribution in [2.45, 2.75) is 32.2 Å². The average Bonchev–Trinajstić information content (AvgIpc) is 2.54. The van der Waals surface area contributed by atoms with Gasteiger partial charge in [0, 0.05) is 31.0 Å². The standard InChI is InChI=1S/C17H23FN2O2S/c1-12(14-4-3-5-15(18)11-14)10-16(21)19-13(2)17(22)20-6-8-23-9-7-20/h3-5,11-13H,6-10H2,1-2H3,(H,19,21)/t12-,13+/m1/s1. The van der Waals surface area contributed by atoms with Crippen molar-refractivity contribution in [2.75, 3.05) is 24.6 Å². The van der Waals surface area contributed by atoms with Crippen LogP contribution < -0.4 is 5.32 Å². The molecule has 1 heterocycles. The lowest BCUT2D eigenvalue weighted by Gasteiger charge is -2.29. The molecule has 4 nitrogen and oxygen atoms in total. The van der Waals surface area contributed by atoms with Crippen molar-refractivity contribution < 1.29 is 14.0 Å². The van der Waals surface area contributed by atoms with E-state index in [2.05, 4.69) is 5.32 Å². The van der Waals surface area contributed by atoms with Gasteiger partial charge in [-0.15, -0.1) is 0 Å². The van der Waals surface area contributed by atoms with Crippen LogP contribution in [0.3, 0.4) is 0 Å². The van der Waals surface area contributed by atoms with E-state index in [1.807, 2.05) is 18.7 Å². The summed E-state index contributed by atoms with van der Waals surface area (Å²) < 4.78 is 13.2. The molecule has 1 aliphatic rings. The molecule has 1 aromatic rings. The number of nitrogens with one attached hydrogen (secondary N) is 1. The Labute approximate surface area is 140 Å². The molecule has 2 rings (SSSR count). The number of rotatable bonds is 5. The fraction of sp³-hybridized carbons (Fsp3) is 0.529. The predicted molar refractivity (Wildman–Crippen MR) is 90.9 cm³/mol. The first-order valence-electron chi connectivity index (χ1n) is 7.88. The number of amides is 2. The quantitative estimate of drug-likeness (QED) is 0.897. The Morgan fingerprint density at radius 2 is 2.00 bits per heavy atom. The van der Waals surface area contributed by atoms with Crippen molar-refractivity contribution in [3.63, 3.8) is 0 Å². The van der Waals surface area contributed by atoms with Gasteiger partial charge >= 0.3 is 0 Å².